The molecule has 0 aliphatic carbocycles. The third kappa shape index (κ3) is 1.10. The molecule has 1 aromatic rings. The molecule has 0 spiro atoms. The van der Waals surface area contributed by atoms with Gasteiger partial charge in [0.15, 0.2) is 5.78 Å². The lowest BCUT2D eigenvalue weighted by atomic mass is 10.2. The van der Waals surface area contributed by atoms with E-state index in [0.29, 0.717) is 11.3 Å². The minimum absolute atomic E-state index is 0.0359. The smallest absolute Gasteiger partial charge is 0.162 e. The predicted molar refractivity (Wildman–Crippen MR) is 38.7 cm³/mol. The van der Waals surface area contributed by atoms with Crippen LogP contribution in [0.1, 0.15) is 17.3 Å². The number of thiophene rings is 1. The molecule has 1 heterocycles. The van der Waals surface area contributed by atoms with Crippen molar-refractivity contribution in [3.8, 4) is 0 Å². The zero-order chi connectivity index (χ0) is 6.85. The van der Waals surface area contributed by atoms with Gasteiger partial charge in [-0.2, -0.15) is 0 Å². The van der Waals surface area contributed by atoms with Crippen LogP contribution in [0.25, 0.3) is 0 Å². The second-order valence-corrected chi connectivity index (χ2v) is 2.54. The van der Waals surface area contributed by atoms with Gasteiger partial charge >= 0.3 is 0 Å². The van der Waals surface area contributed by atoms with Crippen molar-refractivity contribution in [2.45, 2.75) is 6.92 Å². The second kappa shape index (κ2) is 2.19. The first kappa shape index (κ1) is 6.29. The molecule has 0 aliphatic heterocycles. The van der Waals surface area contributed by atoms with Gasteiger partial charge in [0, 0.05) is 10.8 Å². The Morgan fingerprint density at radius 2 is 2.33 bits per heavy atom. The molecule has 0 bridgehead atoms. The van der Waals surface area contributed by atoms with Gasteiger partial charge < -0.3 is 5.73 Å². The van der Waals surface area contributed by atoms with Crippen LogP contribution >= 0.6 is 11.3 Å². The molecular formula is C6H7NOS. The average molecular weight is 141 g/mol. The maximum atomic E-state index is 10.7. The summed E-state index contributed by atoms with van der Waals surface area (Å²) >= 11 is 1.45. The third-order valence-electron chi connectivity index (χ3n) is 1.07. The molecule has 0 aromatic carbocycles. The van der Waals surface area contributed by atoms with Crippen molar-refractivity contribution in [2.75, 3.05) is 5.73 Å². The van der Waals surface area contributed by atoms with Crippen molar-refractivity contribution in [3.05, 3.63) is 16.3 Å². The van der Waals surface area contributed by atoms with Gasteiger partial charge in [-0.3, -0.25) is 4.79 Å². The van der Waals surface area contributed by atoms with Gasteiger partial charge in [-0.1, -0.05) is 0 Å². The largest absolute Gasteiger partial charge is 0.397 e. The van der Waals surface area contributed by atoms with Crippen molar-refractivity contribution in [1.82, 2.24) is 0 Å². The van der Waals surface area contributed by atoms with Gasteiger partial charge in [-0.15, -0.1) is 11.3 Å². The molecule has 0 fully saturated rings. The van der Waals surface area contributed by atoms with Gasteiger partial charge in [0.05, 0.1) is 11.3 Å². The van der Waals surface area contributed by atoms with Crippen LogP contribution in [0.3, 0.4) is 0 Å². The minimum Gasteiger partial charge on any atom is -0.397 e. The van der Waals surface area contributed by atoms with Crippen LogP contribution in [0.4, 0.5) is 5.69 Å². The fourth-order valence-electron chi connectivity index (χ4n) is 0.593. The Morgan fingerprint density at radius 1 is 1.67 bits per heavy atom. The highest BCUT2D eigenvalue weighted by Gasteiger charge is 2.02. The van der Waals surface area contributed by atoms with Crippen LogP contribution in [0.5, 0.6) is 0 Å². The summed E-state index contributed by atoms with van der Waals surface area (Å²) in [5, 5.41) is 3.52. The summed E-state index contributed by atoms with van der Waals surface area (Å²) < 4.78 is 0. The lowest BCUT2D eigenvalue weighted by molar-refractivity contribution is 0.101. The van der Waals surface area contributed by atoms with Crippen molar-refractivity contribution < 1.29 is 4.79 Å². The monoisotopic (exact) mass is 141 g/mol. The van der Waals surface area contributed by atoms with E-state index in [1.165, 1.54) is 18.3 Å². The molecule has 2 nitrogen and oxygen atoms in total. The standard InChI is InChI=1S/C6H7NOS/c1-4(8)5-2-9-3-6(5)7/h2-3H,7H2,1H3. The molecule has 0 unspecified atom stereocenters. The summed E-state index contributed by atoms with van der Waals surface area (Å²) in [6.07, 6.45) is 0. The van der Waals surface area contributed by atoms with Crippen LogP contribution in [-0.4, -0.2) is 5.78 Å². The highest BCUT2D eigenvalue weighted by atomic mass is 32.1. The first-order valence-corrected chi connectivity index (χ1v) is 3.48. The number of nitrogen functional groups attached to an aromatic ring is 1. The molecule has 1 rings (SSSR count). The predicted octanol–water partition coefficient (Wildman–Crippen LogP) is 1.53. The van der Waals surface area contributed by atoms with Crippen LogP contribution in [0.2, 0.25) is 0 Å². The van der Waals surface area contributed by atoms with Crippen molar-refractivity contribution in [1.29, 1.82) is 0 Å². The normalized spacial score (nSPS) is 9.44. The number of carbonyl (C=O) groups excluding carboxylic acids is 1. The molecule has 3 heteroatoms. The Morgan fingerprint density at radius 3 is 2.56 bits per heavy atom. The topological polar surface area (TPSA) is 43.1 Å². The fourth-order valence-corrected chi connectivity index (χ4v) is 1.37. The van der Waals surface area contributed by atoms with E-state index in [9.17, 15) is 4.79 Å². The van der Waals surface area contributed by atoms with E-state index in [-0.39, 0.29) is 5.78 Å². The minimum atomic E-state index is 0.0359. The number of ketones is 1. The van der Waals surface area contributed by atoms with Gasteiger partial charge in [0.25, 0.3) is 0 Å². The Bertz CT molecular complexity index is 229. The summed E-state index contributed by atoms with van der Waals surface area (Å²) in [5.74, 6) is 0.0359. The number of anilines is 1. The molecule has 0 amide bonds. The highest BCUT2D eigenvalue weighted by Crippen LogP contribution is 2.16. The number of rotatable bonds is 1. The van der Waals surface area contributed by atoms with E-state index in [4.69, 9.17) is 5.73 Å². The molecule has 0 saturated carbocycles. The zero-order valence-electron chi connectivity index (χ0n) is 5.05. The van der Waals surface area contributed by atoms with Gasteiger partial charge in [-0.25, -0.2) is 0 Å². The fraction of sp³-hybridized carbons (Fsp3) is 0.167. The second-order valence-electron chi connectivity index (χ2n) is 1.80. The van der Waals surface area contributed by atoms with E-state index in [1.807, 2.05) is 0 Å². The number of hydrogen-bond donors (Lipinski definition) is 1. The molecule has 1 aromatic heterocycles. The van der Waals surface area contributed by atoms with Gasteiger partial charge in [0.1, 0.15) is 0 Å². The van der Waals surface area contributed by atoms with Crippen molar-refractivity contribution in [3.63, 3.8) is 0 Å². The van der Waals surface area contributed by atoms with Crippen molar-refractivity contribution in [2.24, 2.45) is 0 Å². The summed E-state index contributed by atoms with van der Waals surface area (Å²) in [5.41, 5.74) is 6.66. The third-order valence-corrected chi connectivity index (χ3v) is 1.83. The van der Waals surface area contributed by atoms with E-state index in [0.717, 1.165) is 0 Å². The summed E-state index contributed by atoms with van der Waals surface area (Å²) in [4.78, 5) is 10.7. The summed E-state index contributed by atoms with van der Waals surface area (Å²) in [6.45, 7) is 1.51. The van der Waals surface area contributed by atoms with Crippen LogP contribution in [0, 0.1) is 0 Å². The summed E-state index contributed by atoms with van der Waals surface area (Å²) in [7, 11) is 0. The maximum absolute atomic E-state index is 10.7. The Kier molecular flexibility index (Phi) is 1.53. The first-order valence-electron chi connectivity index (χ1n) is 2.54. The van der Waals surface area contributed by atoms with Crippen LogP contribution in [-0.2, 0) is 0 Å². The van der Waals surface area contributed by atoms with Crippen molar-refractivity contribution >= 4 is 22.8 Å². The van der Waals surface area contributed by atoms with E-state index in [2.05, 4.69) is 0 Å². The lowest BCUT2D eigenvalue weighted by Gasteiger charge is -1.88. The molecule has 0 saturated heterocycles. The summed E-state index contributed by atoms with van der Waals surface area (Å²) in [6, 6.07) is 0. The number of Topliss-reactive ketones (excluding diaryl/α,β-unsaturated/α-hetero) is 1. The lowest BCUT2D eigenvalue weighted by Crippen LogP contribution is -1.93. The number of carbonyl (C=O) groups is 1. The van der Waals surface area contributed by atoms with E-state index in [1.54, 1.807) is 10.8 Å². The van der Waals surface area contributed by atoms with E-state index >= 15 is 0 Å². The number of hydrogen-bond acceptors (Lipinski definition) is 3. The molecule has 48 valence electrons. The Balaban J connectivity index is 3.08. The molecule has 0 aliphatic rings. The van der Waals surface area contributed by atoms with Crippen LogP contribution < -0.4 is 5.73 Å². The maximum Gasteiger partial charge on any atom is 0.162 e. The van der Waals surface area contributed by atoms with Crippen LogP contribution in [0.15, 0.2) is 10.8 Å². The zero-order valence-corrected chi connectivity index (χ0v) is 5.87. The number of nitrogens with two attached hydrogens (primary N) is 1. The molecule has 2 N–H and O–H groups in total. The van der Waals surface area contributed by atoms with E-state index < -0.39 is 0 Å². The van der Waals surface area contributed by atoms with Gasteiger partial charge in [-0.05, 0) is 6.92 Å². The average Bonchev–Trinajstić information content (AvgIpc) is 2.13. The quantitative estimate of drug-likeness (QED) is 0.603. The molecule has 9 heavy (non-hydrogen) atoms. The van der Waals surface area contributed by atoms with Gasteiger partial charge in [0.2, 0.25) is 0 Å². The molecule has 0 atom stereocenters. The molecule has 0 radical (unpaired) electrons. The molecular weight excluding hydrogens is 134 g/mol. The first-order chi connectivity index (χ1) is 4.22. The SMILES string of the molecule is CC(=O)c1cscc1N. The Hall–Kier alpha value is -0.830. The Labute approximate surface area is 57.3 Å². The highest BCUT2D eigenvalue weighted by molar-refractivity contribution is 7.08.